The van der Waals surface area contributed by atoms with Crippen molar-refractivity contribution in [1.29, 1.82) is 0 Å². The standard InChI is InChI=1S/C15H23N3OS/c1-3-9-18(4-2)10-8-14(19)17-13-7-5-6-12(11-13)15(16)20/h5-7,11H,3-4,8-10H2,1-2H3,(H2,16,20)(H,17,19). The highest BCUT2D eigenvalue weighted by atomic mass is 32.1. The largest absolute Gasteiger partial charge is 0.389 e. The van der Waals surface area contributed by atoms with Gasteiger partial charge in [-0.3, -0.25) is 4.79 Å². The smallest absolute Gasteiger partial charge is 0.225 e. The SMILES string of the molecule is CCCN(CC)CCC(=O)Nc1cccc(C(N)=S)c1. The van der Waals surface area contributed by atoms with Crippen LogP contribution in [0.3, 0.4) is 0 Å². The summed E-state index contributed by atoms with van der Waals surface area (Å²) in [5, 5.41) is 2.88. The van der Waals surface area contributed by atoms with Gasteiger partial charge >= 0.3 is 0 Å². The van der Waals surface area contributed by atoms with E-state index in [0.29, 0.717) is 11.4 Å². The normalized spacial score (nSPS) is 10.6. The molecule has 1 rings (SSSR count). The lowest BCUT2D eigenvalue weighted by Crippen LogP contribution is -2.28. The van der Waals surface area contributed by atoms with Crippen LogP contribution in [0.25, 0.3) is 0 Å². The van der Waals surface area contributed by atoms with E-state index >= 15 is 0 Å². The second-order valence-electron chi connectivity index (χ2n) is 4.68. The van der Waals surface area contributed by atoms with Crippen molar-refractivity contribution in [3.05, 3.63) is 29.8 Å². The predicted octanol–water partition coefficient (Wildman–Crippen LogP) is 2.38. The van der Waals surface area contributed by atoms with Crippen molar-refractivity contribution in [2.45, 2.75) is 26.7 Å². The molecule has 0 bridgehead atoms. The predicted molar refractivity (Wildman–Crippen MR) is 88.0 cm³/mol. The highest BCUT2D eigenvalue weighted by Gasteiger charge is 2.07. The zero-order valence-electron chi connectivity index (χ0n) is 12.2. The van der Waals surface area contributed by atoms with E-state index in [-0.39, 0.29) is 5.91 Å². The van der Waals surface area contributed by atoms with Gasteiger partial charge in [-0.05, 0) is 31.6 Å². The van der Waals surface area contributed by atoms with Crippen molar-refractivity contribution in [3.63, 3.8) is 0 Å². The summed E-state index contributed by atoms with van der Waals surface area (Å²) in [7, 11) is 0. The minimum Gasteiger partial charge on any atom is -0.389 e. The Morgan fingerprint density at radius 3 is 2.70 bits per heavy atom. The average molecular weight is 293 g/mol. The number of nitrogens with zero attached hydrogens (tertiary/aromatic N) is 1. The van der Waals surface area contributed by atoms with Gasteiger partial charge in [0, 0.05) is 24.2 Å². The lowest BCUT2D eigenvalue weighted by atomic mass is 10.2. The lowest BCUT2D eigenvalue weighted by molar-refractivity contribution is -0.116. The third-order valence-corrected chi connectivity index (χ3v) is 3.31. The van der Waals surface area contributed by atoms with Gasteiger partial charge < -0.3 is 16.0 Å². The number of anilines is 1. The molecule has 0 unspecified atom stereocenters. The van der Waals surface area contributed by atoms with Crippen LogP contribution in [0.1, 0.15) is 32.3 Å². The zero-order valence-corrected chi connectivity index (χ0v) is 13.0. The first-order valence-electron chi connectivity index (χ1n) is 6.98. The molecular formula is C15H23N3OS. The number of carbonyl (C=O) groups excluding carboxylic acids is 1. The van der Waals surface area contributed by atoms with Crippen LogP contribution in [-0.2, 0) is 4.79 Å². The molecule has 1 aromatic rings. The molecule has 0 saturated carbocycles. The molecule has 0 atom stereocenters. The Hall–Kier alpha value is -1.46. The van der Waals surface area contributed by atoms with Crippen molar-refractivity contribution in [3.8, 4) is 0 Å². The molecule has 5 heteroatoms. The second kappa shape index (κ2) is 8.66. The van der Waals surface area contributed by atoms with Crippen molar-refractivity contribution < 1.29 is 4.79 Å². The summed E-state index contributed by atoms with van der Waals surface area (Å²) in [5.74, 6) is 0.0136. The first-order valence-corrected chi connectivity index (χ1v) is 7.39. The molecule has 3 N–H and O–H groups in total. The van der Waals surface area contributed by atoms with Gasteiger partial charge in [-0.15, -0.1) is 0 Å². The van der Waals surface area contributed by atoms with Crippen LogP contribution in [-0.4, -0.2) is 35.4 Å². The third-order valence-electron chi connectivity index (χ3n) is 3.07. The summed E-state index contributed by atoms with van der Waals surface area (Å²) < 4.78 is 0. The Morgan fingerprint density at radius 2 is 2.10 bits per heavy atom. The first kappa shape index (κ1) is 16.6. The molecule has 4 nitrogen and oxygen atoms in total. The molecule has 0 radical (unpaired) electrons. The Kier molecular flexibility index (Phi) is 7.18. The number of amides is 1. The number of carbonyl (C=O) groups is 1. The molecule has 0 aliphatic carbocycles. The van der Waals surface area contributed by atoms with E-state index in [1.165, 1.54) is 0 Å². The van der Waals surface area contributed by atoms with Crippen LogP contribution in [0.15, 0.2) is 24.3 Å². The molecule has 0 aliphatic rings. The minimum atomic E-state index is 0.0136. The van der Waals surface area contributed by atoms with Gasteiger partial charge in [-0.25, -0.2) is 0 Å². The fourth-order valence-electron chi connectivity index (χ4n) is 1.98. The van der Waals surface area contributed by atoms with Crippen molar-refractivity contribution in [1.82, 2.24) is 4.90 Å². The van der Waals surface area contributed by atoms with E-state index in [0.717, 1.165) is 37.3 Å². The lowest BCUT2D eigenvalue weighted by Gasteiger charge is -2.18. The van der Waals surface area contributed by atoms with Gasteiger partial charge in [-0.1, -0.05) is 38.2 Å². The number of rotatable bonds is 8. The highest BCUT2D eigenvalue weighted by Crippen LogP contribution is 2.11. The summed E-state index contributed by atoms with van der Waals surface area (Å²) in [6.45, 7) is 7.03. The number of hydrogen-bond acceptors (Lipinski definition) is 3. The van der Waals surface area contributed by atoms with E-state index in [2.05, 4.69) is 24.1 Å². The molecule has 20 heavy (non-hydrogen) atoms. The maximum Gasteiger partial charge on any atom is 0.225 e. The van der Waals surface area contributed by atoms with Gasteiger partial charge in [0.1, 0.15) is 4.99 Å². The zero-order chi connectivity index (χ0) is 15.0. The fourth-order valence-corrected chi connectivity index (χ4v) is 2.10. The quantitative estimate of drug-likeness (QED) is 0.723. The Labute approximate surface area is 126 Å². The second-order valence-corrected chi connectivity index (χ2v) is 5.12. The molecule has 0 heterocycles. The number of hydrogen-bond donors (Lipinski definition) is 2. The maximum atomic E-state index is 11.9. The molecule has 0 spiro atoms. The van der Waals surface area contributed by atoms with E-state index in [4.69, 9.17) is 18.0 Å². The van der Waals surface area contributed by atoms with Gasteiger partial charge in [0.2, 0.25) is 5.91 Å². The van der Waals surface area contributed by atoms with E-state index in [1.54, 1.807) is 6.07 Å². The summed E-state index contributed by atoms with van der Waals surface area (Å²) >= 11 is 4.92. The monoisotopic (exact) mass is 293 g/mol. The first-order chi connectivity index (χ1) is 9.56. The van der Waals surface area contributed by atoms with Gasteiger partial charge in [0.25, 0.3) is 0 Å². The van der Waals surface area contributed by atoms with Crippen molar-refractivity contribution >= 4 is 28.8 Å². The Balaban J connectivity index is 2.49. The molecular weight excluding hydrogens is 270 g/mol. The van der Waals surface area contributed by atoms with Gasteiger partial charge in [0.15, 0.2) is 0 Å². The number of nitrogens with two attached hydrogens (primary N) is 1. The van der Waals surface area contributed by atoms with Crippen LogP contribution < -0.4 is 11.1 Å². The van der Waals surface area contributed by atoms with Crippen LogP contribution >= 0.6 is 12.2 Å². The van der Waals surface area contributed by atoms with E-state index in [1.807, 2.05) is 18.2 Å². The molecule has 0 fully saturated rings. The number of benzene rings is 1. The summed E-state index contributed by atoms with van der Waals surface area (Å²) in [6.07, 6.45) is 1.59. The van der Waals surface area contributed by atoms with E-state index < -0.39 is 0 Å². The summed E-state index contributed by atoms with van der Waals surface area (Å²) in [5.41, 5.74) is 7.07. The fraction of sp³-hybridized carbons (Fsp3) is 0.467. The van der Waals surface area contributed by atoms with Gasteiger partial charge in [0.05, 0.1) is 0 Å². The highest BCUT2D eigenvalue weighted by molar-refractivity contribution is 7.80. The average Bonchev–Trinajstić information content (AvgIpc) is 2.43. The molecule has 110 valence electrons. The molecule has 0 aliphatic heterocycles. The van der Waals surface area contributed by atoms with Crippen molar-refractivity contribution in [2.75, 3.05) is 25.0 Å². The van der Waals surface area contributed by atoms with Crippen LogP contribution in [0.5, 0.6) is 0 Å². The minimum absolute atomic E-state index is 0.0136. The van der Waals surface area contributed by atoms with Gasteiger partial charge in [-0.2, -0.15) is 0 Å². The number of thiocarbonyl (C=S) groups is 1. The molecule has 1 aromatic carbocycles. The Bertz CT molecular complexity index is 462. The van der Waals surface area contributed by atoms with Crippen LogP contribution in [0.4, 0.5) is 5.69 Å². The molecule has 0 saturated heterocycles. The van der Waals surface area contributed by atoms with Crippen LogP contribution in [0.2, 0.25) is 0 Å². The molecule has 0 aromatic heterocycles. The summed E-state index contributed by atoms with van der Waals surface area (Å²) in [6, 6.07) is 7.30. The third kappa shape index (κ3) is 5.67. The molecule has 1 amide bonds. The maximum absolute atomic E-state index is 11.9. The summed E-state index contributed by atoms with van der Waals surface area (Å²) in [4.78, 5) is 14.5. The van der Waals surface area contributed by atoms with Crippen LogP contribution in [0, 0.1) is 0 Å². The number of nitrogens with one attached hydrogen (secondary N) is 1. The van der Waals surface area contributed by atoms with Crippen molar-refractivity contribution in [2.24, 2.45) is 5.73 Å². The topological polar surface area (TPSA) is 58.4 Å². The van der Waals surface area contributed by atoms with E-state index in [9.17, 15) is 4.79 Å². The Morgan fingerprint density at radius 1 is 1.35 bits per heavy atom.